The van der Waals surface area contributed by atoms with Crippen molar-refractivity contribution in [1.29, 1.82) is 0 Å². The number of benzene rings is 1. The Bertz CT molecular complexity index is 562. The second kappa shape index (κ2) is 7.61. The largest absolute Gasteiger partial charge is 0.393 e. The molecule has 0 spiro atoms. The first-order chi connectivity index (χ1) is 10.5. The SMILES string of the molecule is Cc1ccc(Cl)cc1NC(=O)C(=O)NC[C@H]1CCCC[C@H]1O. The van der Waals surface area contributed by atoms with E-state index in [0.717, 1.165) is 31.2 Å². The monoisotopic (exact) mass is 324 g/mol. The van der Waals surface area contributed by atoms with Crippen molar-refractivity contribution in [2.24, 2.45) is 5.92 Å². The zero-order chi connectivity index (χ0) is 16.1. The molecule has 5 nitrogen and oxygen atoms in total. The summed E-state index contributed by atoms with van der Waals surface area (Å²) in [5.41, 5.74) is 1.35. The number of rotatable bonds is 3. The van der Waals surface area contributed by atoms with Crippen molar-refractivity contribution >= 4 is 29.1 Å². The van der Waals surface area contributed by atoms with Gasteiger partial charge in [-0.3, -0.25) is 9.59 Å². The smallest absolute Gasteiger partial charge is 0.313 e. The van der Waals surface area contributed by atoms with Crippen molar-refractivity contribution in [2.45, 2.75) is 38.7 Å². The van der Waals surface area contributed by atoms with Gasteiger partial charge in [-0.05, 0) is 37.5 Å². The Morgan fingerprint density at radius 3 is 2.73 bits per heavy atom. The average Bonchev–Trinajstić information content (AvgIpc) is 2.49. The fraction of sp³-hybridized carbons (Fsp3) is 0.500. The predicted octanol–water partition coefficient (Wildman–Crippen LogP) is 2.25. The minimum atomic E-state index is -0.726. The van der Waals surface area contributed by atoms with E-state index in [1.54, 1.807) is 18.2 Å². The lowest BCUT2D eigenvalue weighted by atomic mass is 9.86. The van der Waals surface area contributed by atoms with Crippen LogP contribution in [0, 0.1) is 12.8 Å². The molecule has 1 fully saturated rings. The molecule has 6 heteroatoms. The molecule has 22 heavy (non-hydrogen) atoms. The molecule has 1 aromatic rings. The normalized spacial score (nSPS) is 21.2. The van der Waals surface area contributed by atoms with Crippen LogP contribution in [0.5, 0.6) is 0 Å². The van der Waals surface area contributed by atoms with Crippen molar-refractivity contribution in [3.05, 3.63) is 28.8 Å². The molecule has 3 N–H and O–H groups in total. The molecule has 2 rings (SSSR count). The molecule has 2 amide bonds. The number of carbonyl (C=O) groups excluding carboxylic acids is 2. The molecule has 1 aliphatic rings. The van der Waals surface area contributed by atoms with Crippen LogP contribution in [0.2, 0.25) is 5.02 Å². The first-order valence-electron chi connectivity index (χ1n) is 7.51. The molecular formula is C16H21ClN2O3. The maximum atomic E-state index is 11.9. The summed E-state index contributed by atoms with van der Waals surface area (Å²) in [4.78, 5) is 23.8. The van der Waals surface area contributed by atoms with Gasteiger partial charge >= 0.3 is 11.8 Å². The number of halogens is 1. The van der Waals surface area contributed by atoms with Crippen LogP contribution in [0.4, 0.5) is 5.69 Å². The van der Waals surface area contributed by atoms with Gasteiger partial charge in [-0.2, -0.15) is 0 Å². The van der Waals surface area contributed by atoms with Gasteiger partial charge in [0, 0.05) is 23.2 Å². The van der Waals surface area contributed by atoms with Crippen LogP contribution in [-0.4, -0.2) is 29.6 Å². The highest BCUT2D eigenvalue weighted by molar-refractivity contribution is 6.40. The Morgan fingerprint density at radius 1 is 1.27 bits per heavy atom. The molecule has 0 bridgehead atoms. The van der Waals surface area contributed by atoms with E-state index in [1.165, 1.54) is 0 Å². The summed E-state index contributed by atoms with van der Waals surface area (Å²) in [5.74, 6) is -1.40. The van der Waals surface area contributed by atoms with Gasteiger partial charge in [-0.25, -0.2) is 0 Å². The van der Waals surface area contributed by atoms with Gasteiger partial charge in [0.15, 0.2) is 0 Å². The third-order valence-electron chi connectivity index (χ3n) is 4.05. The molecule has 0 aromatic heterocycles. The van der Waals surface area contributed by atoms with Crippen LogP contribution < -0.4 is 10.6 Å². The maximum Gasteiger partial charge on any atom is 0.313 e. The molecule has 0 radical (unpaired) electrons. The number of aliphatic hydroxyl groups excluding tert-OH is 1. The average molecular weight is 325 g/mol. The van der Waals surface area contributed by atoms with E-state index >= 15 is 0 Å². The first kappa shape index (κ1) is 16.8. The van der Waals surface area contributed by atoms with E-state index in [1.807, 2.05) is 6.92 Å². The van der Waals surface area contributed by atoms with E-state index in [0.29, 0.717) is 17.3 Å². The van der Waals surface area contributed by atoms with E-state index < -0.39 is 17.9 Å². The van der Waals surface area contributed by atoms with Crippen molar-refractivity contribution in [3.63, 3.8) is 0 Å². The highest BCUT2D eigenvalue weighted by Gasteiger charge is 2.24. The molecule has 0 aliphatic heterocycles. The first-order valence-corrected chi connectivity index (χ1v) is 7.88. The zero-order valence-corrected chi connectivity index (χ0v) is 13.3. The molecule has 120 valence electrons. The van der Waals surface area contributed by atoms with E-state index in [9.17, 15) is 14.7 Å². The Kier molecular flexibility index (Phi) is 5.80. The fourth-order valence-corrected chi connectivity index (χ4v) is 2.81. The second-order valence-corrected chi connectivity index (χ2v) is 6.17. The summed E-state index contributed by atoms with van der Waals surface area (Å²) >= 11 is 5.88. The Labute approximate surface area is 135 Å². The van der Waals surface area contributed by atoms with Crippen LogP contribution in [0.1, 0.15) is 31.2 Å². The number of aliphatic hydroxyl groups is 1. The lowest BCUT2D eigenvalue weighted by Crippen LogP contribution is -2.41. The molecule has 0 unspecified atom stereocenters. The fourth-order valence-electron chi connectivity index (χ4n) is 2.64. The summed E-state index contributed by atoms with van der Waals surface area (Å²) in [6, 6.07) is 5.10. The zero-order valence-electron chi connectivity index (χ0n) is 12.6. The lowest BCUT2D eigenvalue weighted by molar-refractivity contribution is -0.136. The molecule has 2 atom stereocenters. The van der Waals surface area contributed by atoms with Crippen molar-refractivity contribution in [3.8, 4) is 0 Å². The van der Waals surface area contributed by atoms with Gasteiger partial charge in [-0.1, -0.05) is 30.5 Å². The van der Waals surface area contributed by atoms with Crippen LogP contribution >= 0.6 is 11.6 Å². The number of hydrogen-bond acceptors (Lipinski definition) is 3. The number of aryl methyl sites for hydroxylation is 1. The van der Waals surface area contributed by atoms with Gasteiger partial charge in [0.25, 0.3) is 0 Å². The lowest BCUT2D eigenvalue weighted by Gasteiger charge is -2.27. The molecule has 1 aromatic carbocycles. The van der Waals surface area contributed by atoms with E-state index in [-0.39, 0.29) is 5.92 Å². The molecule has 1 aliphatic carbocycles. The minimum absolute atomic E-state index is 0.0263. The Hall–Kier alpha value is -1.59. The predicted molar refractivity (Wildman–Crippen MR) is 85.8 cm³/mol. The highest BCUT2D eigenvalue weighted by Crippen LogP contribution is 2.23. The number of hydrogen-bond donors (Lipinski definition) is 3. The second-order valence-electron chi connectivity index (χ2n) is 5.74. The molecule has 0 heterocycles. The van der Waals surface area contributed by atoms with Crippen LogP contribution in [0.3, 0.4) is 0 Å². The van der Waals surface area contributed by atoms with E-state index in [4.69, 9.17) is 11.6 Å². The summed E-state index contributed by atoms with van der Waals surface area (Å²) in [7, 11) is 0. The van der Waals surface area contributed by atoms with Crippen LogP contribution in [-0.2, 0) is 9.59 Å². The van der Waals surface area contributed by atoms with Crippen molar-refractivity contribution in [2.75, 3.05) is 11.9 Å². The van der Waals surface area contributed by atoms with Gasteiger partial charge in [-0.15, -0.1) is 0 Å². The van der Waals surface area contributed by atoms with Gasteiger partial charge in [0.05, 0.1) is 6.10 Å². The van der Waals surface area contributed by atoms with Gasteiger partial charge in [0.2, 0.25) is 0 Å². The number of amides is 2. The standard InChI is InChI=1S/C16H21ClN2O3/c1-10-6-7-12(17)8-13(10)19-16(22)15(21)18-9-11-4-2-3-5-14(11)20/h6-8,11,14,20H,2-5,9H2,1H3,(H,18,21)(H,19,22)/t11-,14-/m1/s1. The number of anilines is 1. The summed E-state index contributed by atoms with van der Waals surface area (Å²) in [6.07, 6.45) is 3.29. The molecule has 0 saturated heterocycles. The highest BCUT2D eigenvalue weighted by atomic mass is 35.5. The minimum Gasteiger partial charge on any atom is -0.393 e. The summed E-state index contributed by atoms with van der Waals surface area (Å²) < 4.78 is 0. The number of carbonyl (C=O) groups is 2. The Morgan fingerprint density at radius 2 is 2.00 bits per heavy atom. The quantitative estimate of drug-likeness (QED) is 0.746. The van der Waals surface area contributed by atoms with E-state index in [2.05, 4.69) is 10.6 Å². The van der Waals surface area contributed by atoms with Crippen molar-refractivity contribution < 1.29 is 14.7 Å². The summed E-state index contributed by atoms with van der Waals surface area (Å²) in [6.45, 7) is 2.14. The molecular weight excluding hydrogens is 304 g/mol. The van der Waals surface area contributed by atoms with Crippen LogP contribution in [0.25, 0.3) is 0 Å². The van der Waals surface area contributed by atoms with Gasteiger partial charge in [0.1, 0.15) is 0 Å². The Balaban J connectivity index is 1.86. The topological polar surface area (TPSA) is 78.4 Å². The molecule has 1 saturated carbocycles. The number of nitrogens with one attached hydrogen (secondary N) is 2. The van der Waals surface area contributed by atoms with Crippen molar-refractivity contribution in [1.82, 2.24) is 5.32 Å². The summed E-state index contributed by atoms with van der Waals surface area (Å²) in [5, 5.41) is 15.5. The third-order valence-corrected chi connectivity index (χ3v) is 4.28. The third kappa shape index (κ3) is 4.45. The van der Waals surface area contributed by atoms with Gasteiger partial charge < -0.3 is 15.7 Å². The van der Waals surface area contributed by atoms with Crippen LogP contribution in [0.15, 0.2) is 18.2 Å². The maximum absolute atomic E-state index is 11.9.